The van der Waals surface area contributed by atoms with E-state index >= 15 is 0 Å². The van der Waals surface area contributed by atoms with Crippen LogP contribution in [0.2, 0.25) is 0 Å². The lowest BCUT2D eigenvalue weighted by molar-refractivity contribution is -0.137. The second kappa shape index (κ2) is 17.5. The molecule has 3 nitrogen and oxygen atoms in total. The number of nitrogens with one attached hydrogen (secondary N) is 1. The summed E-state index contributed by atoms with van der Waals surface area (Å²) >= 11 is 0. The van der Waals surface area contributed by atoms with Gasteiger partial charge in [0.2, 0.25) is 0 Å². The molecule has 0 fully saturated rings. The molecule has 1 aliphatic heterocycles. The molecule has 2 N–H and O–H groups in total. The number of aliphatic carboxylic acids is 1. The Morgan fingerprint density at radius 3 is 1.68 bits per heavy atom. The van der Waals surface area contributed by atoms with Gasteiger partial charge in [0.05, 0.1) is 0 Å². The summed E-state index contributed by atoms with van der Waals surface area (Å²) < 4.78 is 0. The van der Waals surface area contributed by atoms with Crippen LogP contribution in [-0.4, -0.2) is 11.1 Å². The molecule has 0 spiro atoms. The van der Waals surface area contributed by atoms with Crippen molar-refractivity contribution < 1.29 is 9.90 Å². The third kappa shape index (κ3) is 18.5. The molecule has 0 aromatic heterocycles. The van der Waals surface area contributed by atoms with Crippen LogP contribution in [0.4, 0.5) is 0 Å². The quantitative estimate of drug-likeness (QED) is 0.492. The predicted octanol–water partition coefficient (Wildman–Crippen LogP) is 5.56. The molecule has 0 unspecified atom stereocenters. The van der Waals surface area contributed by atoms with Crippen molar-refractivity contribution in [1.29, 1.82) is 0 Å². The van der Waals surface area contributed by atoms with Crippen LogP contribution in [0.15, 0.2) is 36.7 Å². The van der Waals surface area contributed by atoms with Crippen LogP contribution < -0.4 is 5.32 Å². The van der Waals surface area contributed by atoms with Crippen LogP contribution in [0.5, 0.6) is 0 Å². The lowest BCUT2D eigenvalue weighted by atomic mass is 10.1. The molecule has 1 rings (SSSR count). The molecule has 0 aliphatic carbocycles. The SMILES string of the molecule is C1=CC=CNC=C1.CCCCCCCCCCCCC(=O)O. The maximum Gasteiger partial charge on any atom is 0.303 e. The van der Waals surface area contributed by atoms with E-state index in [1.165, 1.54) is 51.4 Å². The summed E-state index contributed by atoms with van der Waals surface area (Å²) in [6.45, 7) is 2.24. The zero-order chi connectivity index (χ0) is 16.3. The first kappa shape index (κ1) is 20.5. The minimum atomic E-state index is -0.658. The number of rotatable bonds is 11. The Hall–Kier alpha value is -1.51. The van der Waals surface area contributed by atoms with Gasteiger partial charge in [-0.1, -0.05) is 76.9 Å². The zero-order valence-electron chi connectivity index (χ0n) is 14.1. The van der Waals surface area contributed by atoms with Gasteiger partial charge in [-0.3, -0.25) is 4.79 Å². The number of allylic oxidation sites excluding steroid dienone is 4. The number of carboxylic acid groups (broad SMARTS) is 1. The molecule has 0 aromatic carbocycles. The van der Waals surface area contributed by atoms with Crippen molar-refractivity contribution in [2.45, 2.75) is 77.6 Å². The maximum atomic E-state index is 10.2. The van der Waals surface area contributed by atoms with E-state index in [1.54, 1.807) is 0 Å². The summed E-state index contributed by atoms with van der Waals surface area (Å²) in [5, 5.41) is 11.4. The third-order valence-electron chi connectivity index (χ3n) is 3.46. The largest absolute Gasteiger partial charge is 0.481 e. The summed E-state index contributed by atoms with van der Waals surface area (Å²) in [6, 6.07) is 0. The molecule has 0 radical (unpaired) electrons. The molecule has 0 amide bonds. The average Bonchev–Trinajstić information content (AvgIpc) is 2.82. The van der Waals surface area contributed by atoms with Gasteiger partial charge in [0.25, 0.3) is 0 Å². The standard InChI is InChI=1S/C13H26O2.C6H7N/c1-2-3-4-5-6-7-8-9-10-11-12-13(14)15;1-2-4-6-7-5-3-1/h2-12H2,1H3,(H,14,15);1-7H. The topological polar surface area (TPSA) is 49.3 Å². The molecule has 0 aromatic rings. The molecule has 0 saturated heterocycles. The Morgan fingerprint density at radius 2 is 1.23 bits per heavy atom. The molecule has 0 atom stereocenters. The fraction of sp³-hybridized carbons (Fsp3) is 0.632. The van der Waals surface area contributed by atoms with Gasteiger partial charge in [-0.2, -0.15) is 0 Å². The van der Waals surface area contributed by atoms with E-state index in [0.29, 0.717) is 6.42 Å². The van der Waals surface area contributed by atoms with E-state index in [4.69, 9.17) is 5.11 Å². The minimum absolute atomic E-state index is 0.344. The van der Waals surface area contributed by atoms with Crippen molar-refractivity contribution in [3.63, 3.8) is 0 Å². The molecule has 22 heavy (non-hydrogen) atoms. The Bertz CT molecular complexity index is 318. The van der Waals surface area contributed by atoms with Crippen LogP contribution in [0.1, 0.15) is 77.6 Å². The smallest absolute Gasteiger partial charge is 0.303 e. The van der Waals surface area contributed by atoms with Gasteiger partial charge >= 0.3 is 5.97 Å². The van der Waals surface area contributed by atoms with Crippen molar-refractivity contribution in [3.05, 3.63) is 36.7 Å². The van der Waals surface area contributed by atoms with Crippen LogP contribution in [0.25, 0.3) is 0 Å². The monoisotopic (exact) mass is 307 g/mol. The van der Waals surface area contributed by atoms with E-state index in [2.05, 4.69) is 12.2 Å². The van der Waals surface area contributed by atoms with E-state index in [-0.39, 0.29) is 0 Å². The summed E-state index contributed by atoms with van der Waals surface area (Å²) in [5.74, 6) is -0.658. The van der Waals surface area contributed by atoms with Crippen molar-refractivity contribution >= 4 is 5.97 Å². The zero-order valence-corrected chi connectivity index (χ0v) is 14.1. The average molecular weight is 307 g/mol. The Balaban J connectivity index is 0.000000518. The van der Waals surface area contributed by atoms with Gasteiger partial charge in [0.15, 0.2) is 0 Å². The lowest BCUT2D eigenvalue weighted by Crippen LogP contribution is -1.93. The number of hydrogen-bond donors (Lipinski definition) is 2. The molecule has 1 aliphatic rings. The van der Waals surface area contributed by atoms with Crippen LogP contribution in [-0.2, 0) is 4.79 Å². The summed E-state index contributed by atoms with van der Waals surface area (Å²) in [6.07, 6.45) is 24.5. The van der Waals surface area contributed by atoms with E-state index in [1.807, 2.05) is 36.7 Å². The fourth-order valence-corrected chi connectivity index (χ4v) is 2.17. The molecule has 0 saturated carbocycles. The number of carboxylic acids is 1. The van der Waals surface area contributed by atoms with Gasteiger partial charge in [0, 0.05) is 18.8 Å². The van der Waals surface area contributed by atoms with E-state index in [9.17, 15) is 4.79 Å². The Labute approximate surface area is 136 Å². The fourth-order valence-electron chi connectivity index (χ4n) is 2.17. The first-order chi connectivity index (χ1) is 10.8. The highest BCUT2D eigenvalue weighted by molar-refractivity contribution is 5.66. The van der Waals surface area contributed by atoms with Gasteiger partial charge < -0.3 is 10.4 Å². The van der Waals surface area contributed by atoms with Gasteiger partial charge in [0.1, 0.15) is 0 Å². The van der Waals surface area contributed by atoms with Crippen molar-refractivity contribution in [2.24, 2.45) is 0 Å². The van der Waals surface area contributed by atoms with Crippen molar-refractivity contribution in [2.75, 3.05) is 0 Å². The first-order valence-electron chi connectivity index (χ1n) is 8.73. The van der Waals surface area contributed by atoms with Crippen LogP contribution >= 0.6 is 0 Å². The highest BCUT2D eigenvalue weighted by Crippen LogP contribution is 2.11. The molecular formula is C19H33NO2. The highest BCUT2D eigenvalue weighted by Gasteiger charge is 1.96. The maximum absolute atomic E-state index is 10.2. The Morgan fingerprint density at radius 1 is 0.773 bits per heavy atom. The number of unbranched alkanes of at least 4 members (excludes halogenated alkanes) is 9. The summed E-state index contributed by atoms with van der Waals surface area (Å²) in [7, 11) is 0. The molecule has 1 heterocycles. The lowest BCUT2D eigenvalue weighted by Gasteiger charge is -2.01. The van der Waals surface area contributed by atoms with Gasteiger partial charge in [-0.25, -0.2) is 0 Å². The van der Waals surface area contributed by atoms with Gasteiger partial charge in [-0.05, 0) is 18.6 Å². The normalized spacial score (nSPS) is 12.2. The number of carbonyl (C=O) groups is 1. The summed E-state index contributed by atoms with van der Waals surface area (Å²) in [4.78, 5) is 10.2. The molecule has 0 bridgehead atoms. The third-order valence-corrected chi connectivity index (χ3v) is 3.46. The minimum Gasteiger partial charge on any atom is -0.481 e. The van der Waals surface area contributed by atoms with Gasteiger partial charge in [-0.15, -0.1) is 0 Å². The van der Waals surface area contributed by atoms with E-state index in [0.717, 1.165) is 12.8 Å². The molecular weight excluding hydrogens is 274 g/mol. The van der Waals surface area contributed by atoms with Crippen molar-refractivity contribution in [1.82, 2.24) is 5.32 Å². The van der Waals surface area contributed by atoms with Crippen LogP contribution in [0, 0.1) is 0 Å². The predicted molar refractivity (Wildman–Crippen MR) is 94.7 cm³/mol. The van der Waals surface area contributed by atoms with E-state index < -0.39 is 5.97 Å². The number of hydrogen-bond acceptors (Lipinski definition) is 2. The molecule has 126 valence electrons. The second-order valence-corrected chi connectivity index (χ2v) is 5.60. The first-order valence-corrected chi connectivity index (χ1v) is 8.73. The highest BCUT2D eigenvalue weighted by atomic mass is 16.4. The van der Waals surface area contributed by atoms with Crippen molar-refractivity contribution in [3.8, 4) is 0 Å². The second-order valence-electron chi connectivity index (χ2n) is 5.60. The Kier molecular flexibility index (Phi) is 16.3. The summed E-state index contributed by atoms with van der Waals surface area (Å²) in [5.41, 5.74) is 0. The molecule has 3 heteroatoms. The van der Waals surface area contributed by atoms with Crippen LogP contribution in [0.3, 0.4) is 0 Å².